The molecule has 0 bridgehead atoms. The lowest BCUT2D eigenvalue weighted by Gasteiger charge is -2.30. The highest BCUT2D eigenvalue weighted by Gasteiger charge is 2.29. The van der Waals surface area contributed by atoms with E-state index in [0.29, 0.717) is 23.3 Å². The van der Waals surface area contributed by atoms with E-state index in [1.807, 2.05) is 86.7 Å². The van der Waals surface area contributed by atoms with Crippen LogP contribution in [0, 0.1) is 13.8 Å². The van der Waals surface area contributed by atoms with Gasteiger partial charge in [-0.2, -0.15) is 0 Å². The summed E-state index contributed by atoms with van der Waals surface area (Å²) in [5.74, 6) is 0.602. The van der Waals surface area contributed by atoms with Crippen LogP contribution in [-0.4, -0.2) is 74.0 Å². The number of rotatable bonds is 7. The second-order valence-corrected chi connectivity index (χ2v) is 10.5. The fourth-order valence-electron chi connectivity index (χ4n) is 4.90. The van der Waals surface area contributed by atoms with Gasteiger partial charge in [0.25, 0.3) is 5.91 Å². The van der Waals surface area contributed by atoms with Crippen LogP contribution in [-0.2, 0) is 9.53 Å². The van der Waals surface area contributed by atoms with E-state index in [2.05, 4.69) is 4.90 Å². The van der Waals surface area contributed by atoms with Crippen LogP contribution in [0.5, 0.6) is 5.75 Å². The Hall–Kier alpha value is -3.71. The Morgan fingerprint density at radius 1 is 0.805 bits per heavy atom. The fraction of sp³-hybridized carbons (Fsp3) is 0.294. The number of hydrogen-bond donors (Lipinski definition) is 0. The van der Waals surface area contributed by atoms with Crippen LogP contribution >= 0.6 is 12.4 Å². The van der Waals surface area contributed by atoms with Gasteiger partial charge in [0.05, 0.1) is 26.3 Å². The van der Waals surface area contributed by atoms with Crippen LogP contribution in [0.4, 0.5) is 0 Å². The molecule has 0 N–H and O–H groups in total. The standard InChI is InChI=1S/C34H36N2O4.ClH/c1-25-3-7-27(8-4-25)21-30-23-36(24-31(33(30)37)22-28-9-5-26(2)6-10-28)34(38)29-11-13-32(14-12-29)40-20-17-35-15-18-39-19-16-35;/h3-14,21-22H,15-20,23-24H2,1-2H3;1H/b30-21+,31-22+;. The van der Waals surface area contributed by atoms with Gasteiger partial charge in [-0.25, -0.2) is 0 Å². The lowest BCUT2D eigenvalue weighted by molar-refractivity contribution is -0.113. The van der Waals surface area contributed by atoms with Crippen molar-refractivity contribution in [3.63, 3.8) is 0 Å². The number of benzene rings is 3. The molecule has 0 aliphatic carbocycles. The molecule has 3 aromatic rings. The number of aryl methyl sites for hydroxylation is 2. The topological polar surface area (TPSA) is 59.1 Å². The maximum atomic E-state index is 13.6. The van der Waals surface area contributed by atoms with Gasteiger partial charge < -0.3 is 14.4 Å². The van der Waals surface area contributed by atoms with Gasteiger partial charge in [0.2, 0.25) is 0 Å². The largest absolute Gasteiger partial charge is 0.492 e. The summed E-state index contributed by atoms with van der Waals surface area (Å²) < 4.78 is 11.3. The van der Waals surface area contributed by atoms with Crippen molar-refractivity contribution in [3.05, 3.63) is 112 Å². The van der Waals surface area contributed by atoms with Gasteiger partial charge in [0, 0.05) is 36.3 Å². The third-order valence-electron chi connectivity index (χ3n) is 7.31. The molecule has 2 heterocycles. The van der Waals surface area contributed by atoms with E-state index >= 15 is 0 Å². The molecule has 2 aliphatic rings. The first-order valence-electron chi connectivity index (χ1n) is 13.9. The van der Waals surface area contributed by atoms with Crippen LogP contribution < -0.4 is 4.74 Å². The molecule has 7 heteroatoms. The highest BCUT2D eigenvalue weighted by molar-refractivity contribution is 6.15. The van der Waals surface area contributed by atoms with Crippen LogP contribution in [0.15, 0.2) is 83.9 Å². The number of Topliss-reactive ketones (excluding diaryl/α,β-unsaturated/α-hetero) is 1. The molecule has 1 amide bonds. The number of halogens is 1. The minimum absolute atomic E-state index is 0. The van der Waals surface area contributed by atoms with Crippen molar-refractivity contribution < 1.29 is 19.1 Å². The average molecular weight is 573 g/mol. The average Bonchev–Trinajstić information content (AvgIpc) is 2.98. The number of ketones is 1. The summed E-state index contributed by atoms with van der Waals surface area (Å²) in [7, 11) is 0. The highest BCUT2D eigenvalue weighted by atomic mass is 35.5. The van der Waals surface area contributed by atoms with Crippen molar-refractivity contribution in [2.24, 2.45) is 0 Å². The van der Waals surface area contributed by atoms with Gasteiger partial charge in [0.1, 0.15) is 12.4 Å². The zero-order chi connectivity index (χ0) is 27.9. The van der Waals surface area contributed by atoms with Gasteiger partial charge in [-0.3, -0.25) is 14.5 Å². The SMILES string of the molecule is Cc1ccc(/C=C2\CN(C(=O)c3ccc(OCCN4CCOCC4)cc3)C/C(=C\c3ccc(C)cc3)C2=O)cc1.Cl. The number of morpholine rings is 1. The summed E-state index contributed by atoms with van der Waals surface area (Å²) in [4.78, 5) is 31.2. The molecule has 0 aromatic heterocycles. The Kier molecular flexibility index (Phi) is 10.5. The van der Waals surface area contributed by atoms with Gasteiger partial charge >= 0.3 is 0 Å². The molecular formula is C34H37ClN2O4. The van der Waals surface area contributed by atoms with Crippen molar-refractivity contribution in [2.45, 2.75) is 13.8 Å². The number of ether oxygens (including phenoxy) is 2. The van der Waals surface area contributed by atoms with E-state index in [4.69, 9.17) is 9.47 Å². The van der Waals surface area contributed by atoms with E-state index in [1.54, 1.807) is 17.0 Å². The lowest BCUT2D eigenvalue weighted by atomic mass is 9.93. The maximum absolute atomic E-state index is 13.6. The van der Waals surface area contributed by atoms with Crippen LogP contribution in [0.2, 0.25) is 0 Å². The minimum Gasteiger partial charge on any atom is -0.492 e. The Morgan fingerprint density at radius 3 is 1.83 bits per heavy atom. The molecule has 2 fully saturated rings. The lowest BCUT2D eigenvalue weighted by Crippen LogP contribution is -2.41. The van der Waals surface area contributed by atoms with Crippen molar-refractivity contribution in [1.82, 2.24) is 9.80 Å². The van der Waals surface area contributed by atoms with Gasteiger partial charge in [-0.1, -0.05) is 59.7 Å². The molecule has 5 rings (SSSR count). The van der Waals surface area contributed by atoms with Gasteiger partial charge in [-0.05, 0) is 61.4 Å². The smallest absolute Gasteiger partial charge is 0.254 e. The van der Waals surface area contributed by atoms with Crippen LogP contribution in [0.3, 0.4) is 0 Å². The summed E-state index contributed by atoms with van der Waals surface area (Å²) in [5, 5.41) is 0. The molecule has 41 heavy (non-hydrogen) atoms. The van der Waals surface area contributed by atoms with E-state index in [0.717, 1.165) is 60.9 Å². The number of amides is 1. The first-order chi connectivity index (χ1) is 19.4. The molecular weight excluding hydrogens is 536 g/mol. The second kappa shape index (κ2) is 14.3. The summed E-state index contributed by atoms with van der Waals surface area (Å²) in [6, 6.07) is 23.4. The quantitative estimate of drug-likeness (QED) is 0.344. The summed E-state index contributed by atoms with van der Waals surface area (Å²) >= 11 is 0. The molecule has 214 valence electrons. The minimum atomic E-state index is -0.114. The Balaban J connectivity index is 0.00000387. The Bertz CT molecular complexity index is 1320. The molecule has 2 saturated heterocycles. The predicted octanol–water partition coefficient (Wildman–Crippen LogP) is 5.63. The molecule has 0 spiro atoms. The molecule has 0 unspecified atom stereocenters. The maximum Gasteiger partial charge on any atom is 0.254 e. The normalized spacial score (nSPS) is 17.9. The molecule has 2 aliphatic heterocycles. The zero-order valence-electron chi connectivity index (χ0n) is 23.7. The predicted molar refractivity (Wildman–Crippen MR) is 166 cm³/mol. The van der Waals surface area contributed by atoms with Crippen LogP contribution in [0.25, 0.3) is 12.2 Å². The van der Waals surface area contributed by atoms with E-state index in [1.165, 1.54) is 0 Å². The van der Waals surface area contributed by atoms with E-state index in [-0.39, 0.29) is 37.2 Å². The third kappa shape index (κ3) is 8.17. The highest BCUT2D eigenvalue weighted by Crippen LogP contribution is 2.25. The molecule has 0 atom stereocenters. The van der Waals surface area contributed by atoms with Crippen LogP contribution in [0.1, 0.15) is 32.6 Å². The number of carbonyl (C=O) groups excluding carboxylic acids is 2. The second-order valence-electron chi connectivity index (χ2n) is 10.5. The molecule has 3 aromatic carbocycles. The fourth-order valence-corrected chi connectivity index (χ4v) is 4.90. The monoisotopic (exact) mass is 572 g/mol. The third-order valence-corrected chi connectivity index (χ3v) is 7.31. The molecule has 0 saturated carbocycles. The number of likely N-dealkylation sites (tertiary alicyclic amines) is 1. The van der Waals surface area contributed by atoms with Crippen molar-refractivity contribution in [2.75, 3.05) is 52.5 Å². The number of piperidine rings is 1. The first-order valence-corrected chi connectivity index (χ1v) is 13.9. The zero-order valence-corrected chi connectivity index (χ0v) is 24.5. The summed E-state index contributed by atoms with van der Waals surface area (Å²) in [6.07, 6.45) is 3.80. The number of nitrogens with zero attached hydrogens (tertiary/aromatic N) is 2. The van der Waals surface area contributed by atoms with Crippen molar-refractivity contribution in [3.8, 4) is 5.75 Å². The van der Waals surface area contributed by atoms with Gasteiger partial charge in [0.15, 0.2) is 5.78 Å². The Labute approximate surface area is 248 Å². The number of hydrogen-bond acceptors (Lipinski definition) is 5. The van der Waals surface area contributed by atoms with E-state index < -0.39 is 0 Å². The van der Waals surface area contributed by atoms with Crippen molar-refractivity contribution >= 4 is 36.2 Å². The van der Waals surface area contributed by atoms with E-state index in [9.17, 15) is 9.59 Å². The van der Waals surface area contributed by atoms with Gasteiger partial charge in [-0.15, -0.1) is 12.4 Å². The Morgan fingerprint density at radius 2 is 1.32 bits per heavy atom. The number of carbonyl (C=O) groups is 2. The summed E-state index contributed by atoms with van der Waals surface area (Å²) in [5.41, 5.74) is 5.96. The summed E-state index contributed by atoms with van der Waals surface area (Å²) in [6.45, 7) is 9.40. The van der Waals surface area contributed by atoms with Crippen molar-refractivity contribution in [1.29, 1.82) is 0 Å². The molecule has 6 nitrogen and oxygen atoms in total. The molecule has 0 radical (unpaired) electrons. The first kappa shape index (κ1) is 30.3.